The van der Waals surface area contributed by atoms with E-state index in [2.05, 4.69) is 72.8 Å². The molecule has 0 saturated carbocycles. The normalized spacial score (nSPS) is 14.9. The van der Waals surface area contributed by atoms with Gasteiger partial charge < -0.3 is 16.4 Å². The lowest BCUT2D eigenvalue weighted by Gasteiger charge is -2.14. The quantitative estimate of drug-likeness (QED) is 0.267. The van der Waals surface area contributed by atoms with Crippen LogP contribution in [0.3, 0.4) is 0 Å². The van der Waals surface area contributed by atoms with Crippen LogP contribution in [0.2, 0.25) is 39.3 Å². The van der Waals surface area contributed by atoms with Gasteiger partial charge in [-0.05, 0) is 55.0 Å². The number of amides is 2. The Morgan fingerprint density at radius 1 is 0.865 bits per heavy atom. The maximum Gasteiger partial charge on any atom is 0.255 e. The molecule has 1 atom stereocenters. The van der Waals surface area contributed by atoms with Crippen molar-refractivity contribution in [1.29, 1.82) is 0 Å². The Bertz CT molecular complexity index is 1370. The molecule has 5 nitrogen and oxygen atoms in total. The molecule has 0 bridgehead atoms. The molecule has 3 rings (SSSR count). The van der Waals surface area contributed by atoms with Crippen molar-refractivity contribution in [2.45, 2.75) is 45.7 Å². The van der Waals surface area contributed by atoms with Gasteiger partial charge in [0, 0.05) is 39.7 Å². The SMILES string of the molecule is C[Si](C)(C)C#Cc1ccc(NC(=O)c2cc(N)cc(C(=O)NC3=CCC(C#C[Si](C)(C)C)C=C3)c2)cc1. The predicted molar refractivity (Wildman–Crippen MR) is 159 cm³/mol. The van der Waals surface area contributed by atoms with Crippen molar-refractivity contribution in [2.24, 2.45) is 5.92 Å². The zero-order valence-electron chi connectivity index (χ0n) is 22.5. The number of carbonyl (C=O) groups excluding carboxylic acids is 2. The van der Waals surface area contributed by atoms with E-state index in [1.807, 2.05) is 42.5 Å². The number of nitrogens with one attached hydrogen (secondary N) is 2. The molecule has 37 heavy (non-hydrogen) atoms. The number of anilines is 2. The maximum atomic E-state index is 12.9. The first-order chi connectivity index (χ1) is 17.3. The lowest BCUT2D eigenvalue weighted by Crippen LogP contribution is -2.24. The molecule has 0 saturated heterocycles. The molecule has 2 aromatic carbocycles. The molecular weight excluding hydrogens is 491 g/mol. The number of hydrogen-bond acceptors (Lipinski definition) is 3. The zero-order valence-corrected chi connectivity index (χ0v) is 24.5. The summed E-state index contributed by atoms with van der Waals surface area (Å²) in [6.45, 7) is 13.2. The fourth-order valence-electron chi connectivity index (χ4n) is 3.35. The van der Waals surface area contributed by atoms with Gasteiger partial charge in [-0.25, -0.2) is 0 Å². The third kappa shape index (κ3) is 9.31. The fraction of sp³-hybridized carbons (Fsp3) is 0.267. The second-order valence-corrected chi connectivity index (χ2v) is 20.7. The summed E-state index contributed by atoms with van der Waals surface area (Å²) in [5, 5.41) is 5.76. The number of nitrogens with two attached hydrogens (primary N) is 1. The van der Waals surface area contributed by atoms with Crippen molar-refractivity contribution in [2.75, 3.05) is 11.1 Å². The topological polar surface area (TPSA) is 84.2 Å². The van der Waals surface area contributed by atoms with Crippen LogP contribution in [0.4, 0.5) is 11.4 Å². The summed E-state index contributed by atoms with van der Waals surface area (Å²) in [7, 11) is -2.88. The van der Waals surface area contributed by atoms with Gasteiger partial charge >= 0.3 is 0 Å². The predicted octanol–water partition coefficient (Wildman–Crippen LogP) is 5.82. The van der Waals surface area contributed by atoms with Gasteiger partial charge in [0.05, 0.1) is 0 Å². The van der Waals surface area contributed by atoms with E-state index in [1.165, 1.54) is 0 Å². The summed E-state index contributed by atoms with van der Waals surface area (Å²) in [5.41, 5.74) is 16.0. The highest BCUT2D eigenvalue weighted by Gasteiger charge is 2.15. The van der Waals surface area contributed by atoms with E-state index in [0.717, 1.165) is 12.0 Å². The molecule has 1 aliphatic rings. The van der Waals surface area contributed by atoms with Crippen LogP contribution in [0.1, 0.15) is 32.7 Å². The van der Waals surface area contributed by atoms with E-state index in [1.54, 1.807) is 18.2 Å². The van der Waals surface area contributed by atoms with Crippen molar-refractivity contribution in [3.05, 3.63) is 83.1 Å². The van der Waals surface area contributed by atoms with E-state index in [9.17, 15) is 9.59 Å². The van der Waals surface area contributed by atoms with Crippen molar-refractivity contribution in [3.8, 4) is 22.9 Å². The second-order valence-electron chi connectivity index (χ2n) is 11.2. The number of carbonyl (C=O) groups is 2. The van der Waals surface area contributed by atoms with Crippen molar-refractivity contribution >= 4 is 39.3 Å². The van der Waals surface area contributed by atoms with Gasteiger partial charge in [-0.1, -0.05) is 57.4 Å². The molecule has 0 radical (unpaired) electrons. The van der Waals surface area contributed by atoms with E-state index >= 15 is 0 Å². The van der Waals surface area contributed by atoms with E-state index in [4.69, 9.17) is 5.73 Å². The molecule has 0 heterocycles. The first kappa shape index (κ1) is 27.8. The van der Waals surface area contributed by atoms with Crippen LogP contribution in [0.15, 0.2) is 66.4 Å². The van der Waals surface area contributed by atoms with E-state index in [0.29, 0.717) is 28.2 Å². The van der Waals surface area contributed by atoms with Crippen LogP contribution in [-0.2, 0) is 0 Å². The molecule has 0 aromatic heterocycles. The van der Waals surface area contributed by atoms with Crippen molar-refractivity contribution < 1.29 is 9.59 Å². The number of hydrogen-bond donors (Lipinski definition) is 3. The van der Waals surface area contributed by atoms with Crippen molar-refractivity contribution in [3.63, 3.8) is 0 Å². The molecule has 2 aromatic rings. The van der Waals surface area contributed by atoms with Crippen LogP contribution >= 0.6 is 0 Å². The first-order valence-corrected chi connectivity index (χ1v) is 19.3. The second kappa shape index (κ2) is 11.5. The van der Waals surface area contributed by atoms with Crippen molar-refractivity contribution in [1.82, 2.24) is 5.32 Å². The molecule has 190 valence electrons. The summed E-state index contributed by atoms with van der Waals surface area (Å²) < 4.78 is 0. The molecule has 7 heteroatoms. The molecule has 0 fully saturated rings. The largest absolute Gasteiger partial charge is 0.399 e. The van der Waals surface area contributed by atoms with Gasteiger partial charge in [-0.3, -0.25) is 9.59 Å². The minimum Gasteiger partial charge on any atom is -0.399 e. The highest BCUT2D eigenvalue weighted by Crippen LogP contribution is 2.18. The molecule has 0 spiro atoms. The zero-order chi connectivity index (χ0) is 27.2. The summed E-state index contributed by atoms with van der Waals surface area (Å²) >= 11 is 0. The average molecular weight is 526 g/mol. The highest BCUT2D eigenvalue weighted by molar-refractivity contribution is 6.84. The minimum absolute atomic E-state index is 0.163. The van der Waals surface area contributed by atoms with Crippen LogP contribution in [0.25, 0.3) is 0 Å². The van der Waals surface area contributed by atoms with Crippen LogP contribution in [-0.4, -0.2) is 28.0 Å². The number of rotatable bonds is 4. The molecule has 0 aliphatic heterocycles. The van der Waals surface area contributed by atoms with E-state index < -0.39 is 16.1 Å². The van der Waals surface area contributed by atoms with Gasteiger partial charge in [-0.15, -0.1) is 17.0 Å². The number of benzene rings is 2. The number of allylic oxidation sites excluding steroid dienone is 3. The molecule has 1 unspecified atom stereocenters. The fourth-order valence-corrected chi connectivity index (χ4v) is 4.48. The van der Waals surface area contributed by atoms with Crippen LogP contribution in [0.5, 0.6) is 0 Å². The number of nitrogen functional groups attached to an aromatic ring is 1. The molecular formula is C30H35N3O2Si2. The Balaban J connectivity index is 1.65. The summed E-state index contributed by atoms with van der Waals surface area (Å²) in [6, 6.07) is 12.1. The summed E-state index contributed by atoms with van der Waals surface area (Å²) in [4.78, 5) is 25.8. The molecule has 1 aliphatic carbocycles. The smallest absolute Gasteiger partial charge is 0.255 e. The third-order valence-electron chi connectivity index (χ3n) is 5.19. The maximum absolute atomic E-state index is 12.9. The Hall–Kier alpha value is -3.79. The summed E-state index contributed by atoms with van der Waals surface area (Å²) in [5.74, 6) is 6.02. The Kier molecular flexibility index (Phi) is 8.65. The standard InChI is InChI=1S/C30H35N3O2Si2/c1-36(2,3)17-15-22-7-11-27(12-8-22)32-29(34)24-19-25(21-26(31)20-24)30(35)33-28-13-9-23(10-14-28)16-18-37(4,5)6/h7-9,11-14,19-21,23H,10,31H2,1-6H3,(H,32,34)(H,33,35). The van der Waals surface area contributed by atoms with Gasteiger partial charge in [0.15, 0.2) is 0 Å². The molecule has 4 N–H and O–H groups in total. The third-order valence-corrected chi connectivity index (χ3v) is 6.96. The lowest BCUT2D eigenvalue weighted by molar-refractivity contribution is 0.0967. The Morgan fingerprint density at radius 3 is 2.00 bits per heavy atom. The van der Waals surface area contributed by atoms with Gasteiger partial charge in [0.25, 0.3) is 11.8 Å². The lowest BCUT2D eigenvalue weighted by atomic mass is 10.00. The first-order valence-electron chi connectivity index (χ1n) is 12.3. The minimum atomic E-state index is -1.46. The van der Waals surface area contributed by atoms with E-state index in [-0.39, 0.29) is 17.7 Å². The Morgan fingerprint density at radius 2 is 1.46 bits per heavy atom. The Labute approximate surface area is 222 Å². The van der Waals surface area contributed by atoms with Gasteiger partial charge in [-0.2, -0.15) is 0 Å². The van der Waals surface area contributed by atoms with Gasteiger partial charge in [0.2, 0.25) is 0 Å². The van der Waals surface area contributed by atoms with Gasteiger partial charge in [0.1, 0.15) is 16.1 Å². The average Bonchev–Trinajstić information content (AvgIpc) is 2.82. The molecule has 2 amide bonds. The highest BCUT2D eigenvalue weighted by atomic mass is 28.3. The summed E-state index contributed by atoms with van der Waals surface area (Å²) in [6.07, 6.45) is 6.61. The van der Waals surface area contributed by atoms with Crippen LogP contribution < -0.4 is 16.4 Å². The van der Waals surface area contributed by atoms with Crippen LogP contribution in [0, 0.1) is 28.8 Å². The monoisotopic (exact) mass is 525 g/mol.